The van der Waals surface area contributed by atoms with E-state index in [4.69, 9.17) is 0 Å². The number of aromatic nitrogens is 1. The summed E-state index contributed by atoms with van der Waals surface area (Å²) in [5.41, 5.74) is 1.26. The summed E-state index contributed by atoms with van der Waals surface area (Å²) >= 11 is 1.78. The van der Waals surface area contributed by atoms with Crippen molar-refractivity contribution in [2.75, 3.05) is 13.1 Å². The first-order valence-corrected chi connectivity index (χ1v) is 9.52. The maximum atomic E-state index is 4.67. The average Bonchev–Trinajstić information content (AvgIpc) is 2.93. The second kappa shape index (κ2) is 7.21. The van der Waals surface area contributed by atoms with E-state index in [0.29, 0.717) is 12.1 Å². The third-order valence-electron chi connectivity index (χ3n) is 5.29. The Morgan fingerprint density at radius 2 is 2.14 bits per heavy atom. The second-order valence-electron chi connectivity index (χ2n) is 6.76. The van der Waals surface area contributed by atoms with E-state index in [1.807, 2.05) is 0 Å². The summed E-state index contributed by atoms with van der Waals surface area (Å²) in [7, 11) is 0. The van der Waals surface area contributed by atoms with Crippen molar-refractivity contribution in [2.45, 2.75) is 71.0 Å². The van der Waals surface area contributed by atoms with Gasteiger partial charge in [0, 0.05) is 37.1 Å². The van der Waals surface area contributed by atoms with E-state index in [9.17, 15) is 0 Å². The Labute approximate surface area is 133 Å². The number of hydrogen-bond acceptors (Lipinski definition) is 4. The number of nitrogens with one attached hydrogen (secondary N) is 1. The summed E-state index contributed by atoms with van der Waals surface area (Å²) in [4.78, 5) is 7.35. The third-order valence-corrected chi connectivity index (χ3v) is 6.11. The molecular weight excluding hydrogens is 278 g/mol. The minimum Gasteiger partial charge on any atom is -0.311 e. The van der Waals surface area contributed by atoms with Crippen molar-refractivity contribution in [2.24, 2.45) is 5.92 Å². The van der Waals surface area contributed by atoms with Crippen LogP contribution in [0.15, 0.2) is 5.38 Å². The molecule has 1 aromatic rings. The quantitative estimate of drug-likeness (QED) is 0.921. The molecule has 2 aliphatic rings. The molecule has 0 bridgehead atoms. The summed E-state index contributed by atoms with van der Waals surface area (Å²) in [6.07, 6.45) is 8.41. The molecule has 1 saturated carbocycles. The van der Waals surface area contributed by atoms with Crippen molar-refractivity contribution in [3.8, 4) is 0 Å². The zero-order valence-corrected chi connectivity index (χ0v) is 14.3. The first-order chi connectivity index (χ1) is 10.3. The minimum absolute atomic E-state index is 0.673. The van der Waals surface area contributed by atoms with Crippen molar-refractivity contribution >= 4 is 11.3 Å². The maximum Gasteiger partial charge on any atom is 0.0897 e. The van der Waals surface area contributed by atoms with Crippen molar-refractivity contribution in [3.05, 3.63) is 16.1 Å². The van der Waals surface area contributed by atoms with Gasteiger partial charge in [0.2, 0.25) is 0 Å². The largest absolute Gasteiger partial charge is 0.311 e. The lowest BCUT2D eigenvalue weighted by molar-refractivity contribution is 0.0864. The van der Waals surface area contributed by atoms with Gasteiger partial charge in [-0.15, -0.1) is 11.3 Å². The Morgan fingerprint density at radius 1 is 1.33 bits per heavy atom. The molecule has 4 heteroatoms. The van der Waals surface area contributed by atoms with E-state index in [-0.39, 0.29) is 0 Å². The molecule has 2 atom stereocenters. The van der Waals surface area contributed by atoms with Crippen LogP contribution >= 0.6 is 11.3 Å². The van der Waals surface area contributed by atoms with Crippen molar-refractivity contribution in [1.82, 2.24) is 15.2 Å². The predicted molar refractivity (Wildman–Crippen MR) is 89.7 cm³/mol. The Hall–Kier alpha value is -0.450. The molecule has 118 valence electrons. The van der Waals surface area contributed by atoms with Crippen LogP contribution in [0.5, 0.6) is 0 Å². The highest BCUT2D eigenvalue weighted by molar-refractivity contribution is 7.09. The van der Waals surface area contributed by atoms with E-state index < -0.39 is 0 Å². The van der Waals surface area contributed by atoms with E-state index in [1.54, 1.807) is 11.3 Å². The Balaban J connectivity index is 1.63. The standard InChI is InChI=1S/C17H29N3S/c1-3-16-9-18-17(14-7-5-4-6-8-14)11-20(16)10-15-12-21-13(2)19-15/h12,14,16-18H,3-11H2,1-2H3. The molecule has 2 fully saturated rings. The van der Waals surface area contributed by atoms with Crippen molar-refractivity contribution in [3.63, 3.8) is 0 Å². The van der Waals surface area contributed by atoms with E-state index in [1.165, 1.54) is 55.8 Å². The topological polar surface area (TPSA) is 28.2 Å². The second-order valence-corrected chi connectivity index (χ2v) is 7.82. The third kappa shape index (κ3) is 3.85. The molecule has 0 amide bonds. The van der Waals surface area contributed by atoms with Crippen LogP contribution in [-0.2, 0) is 6.54 Å². The summed E-state index contributed by atoms with van der Waals surface area (Å²) < 4.78 is 0. The van der Waals surface area contributed by atoms with Crippen LogP contribution in [0.3, 0.4) is 0 Å². The van der Waals surface area contributed by atoms with E-state index >= 15 is 0 Å². The van der Waals surface area contributed by atoms with Crippen molar-refractivity contribution < 1.29 is 0 Å². The number of aryl methyl sites for hydroxylation is 1. The van der Waals surface area contributed by atoms with Gasteiger partial charge in [0.05, 0.1) is 10.7 Å². The molecular formula is C17H29N3S. The average molecular weight is 308 g/mol. The molecule has 1 saturated heterocycles. The molecule has 3 rings (SSSR count). The Morgan fingerprint density at radius 3 is 2.81 bits per heavy atom. The molecule has 3 nitrogen and oxygen atoms in total. The normalized spacial score (nSPS) is 28.9. The van der Waals surface area contributed by atoms with Gasteiger partial charge in [-0.3, -0.25) is 4.90 Å². The molecule has 0 radical (unpaired) electrons. The summed E-state index contributed by atoms with van der Waals surface area (Å²) in [6, 6.07) is 1.37. The van der Waals surface area contributed by atoms with Gasteiger partial charge in [-0.2, -0.15) is 0 Å². The molecule has 1 aromatic heterocycles. The molecule has 21 heavy (non-hydrogen) atoms. The smallest absolute Gasteiger partial charge is 0.0897 e. The minimum atomic E-state index is 0.673. The van der Waals surface area contributed by atoms with Gasteiger partial charge in [0.15, 0.2) is 0 Å². The van der Waals surface area contributed by atoms with Gasteiger partial charge < -0.3 is 5.32 Å². The van der Waals surface area contributed by atoms with Crippen LogP contribution in [0.25, 0.3) is 0 Å². The highest BCUT2D eigenvalue weighted by Gasteiger charge is 2.32. The maximum absolute atomic E-state index is 4.67. The van der Waals surface area contributed by atoms with Crippen LogP contribution in [0, 0.1) is 12.8 Å². The Kier molecular flexibility index (Phi) is 5.30. The lowest BCUT2D eigenvalue weighted by Gasteiger charge is -2.43. The number of hydrogen-bond donors (Lipinski definition) is 1. The van der Waals surface area contributed by atoms with Crippen LogP contribution in [-0.4, -0.2) is 35.1 Å². The first-order valence-electron chi connectivity index (χ1n) is 8.64. The molecule has 1 aliphatic heterocycles. The molecule has 2 unspecified atom stereocenters. The molecule has 2 heterocycles. The number of nitrogens with zero attached hydrogens (tertiary/aromatic N) is 2. The fraction of sp³-hybridized carbons (Fsp3) is 0.824. The first kappa shape index (κ1) is 15.4. The highest BCUT2D eigenvalue weighted by Crippen LogP contribution is 2.29. The summed E-state index contributed by atoms with van der Waals surface area (Å²) in [5, 5.41) is 7.28. The number of piperazine rings is 1. The van der Waals surface area contributed by atoms with Crippen LogP contribution in [0.1, 0.15) is 56.2 Å². The summed E-state index contributed by atoms with van der Waals surface area (Å²) in [5.74, 6) is 0.899. The fourth-order valence-electron chi connectivity index (χ4n) is 4.02. The van der Waals surface area contributed by atoms with Crippen LogP contribution in [0.2, 0.25) is 0 Å². The van der Waals surface area contributed by atoms with Gasteiger partial charge in [-0.05, 0) is 32.1 Å². The van der Waals surface area contributed by atoms with Gasteiger partial charge in [0.25, 0.3) is 0 Å². The Bertz CT molecular complexity index is 439. The fourth-order valence-corrected chi connectivity index (χ4v) is 4.62. The van der Waals surface area contributed by atoms with Crippen molar-refractivity contribution in [1.29, 1.82) is 0 Å². The van der Waals surface area contributed by atoms with E-state index in [0.717, 1.165) is 19.0 Å². The molecule has 1 N–H and O–H groups in total. The lowest BCUT2D eigenvalue weighted by atomic mass is 9.82. The molecule has 0 spiro atoms. The van der Waals surface area contributed by atoms with Gasteiger partial charge in [-0.25, -0.2) is 4.98 Å². The zero-order valence-electron chi connectivity index (χ0n) is 13.5. The zero-order chi connectivity index (χ0) is 14.7. The SMILES string of the molecule is CCC1CNC(C2CCCCC2)CN1Cc1csc(C)n1. The van der Waals surface area contributed by atoms with Crippen LogP contribution in [0.4, 0.5) is 0 Å². The molecule has 1 aliphatic carbocycles. The number of rotatable bonds is 4. The summed E-state index contributed by atoms with van der Waals surface area (Å²) in [6.45, 7) is 7.81. The lowest BCUT2D eigenvalue weighted by Crippen LogP contribution is -2.58. The predicted octanol–water partition coefficient (Wildman–Crippen LogP) is 3.58. The van der Waals surface area contributed by atoms with E-state index in [2.05, 4.69) is 34.4 Å². The monoisotopic (exact) mass is 307 g/mol. The number of thiazole rings is 1. The van der Waals surface area contributed by atoms with Gasteiger partial charge >= 0.3 is 0 Å². The van der Waals surface area contributed by atoms with Crippen LogP contribution < -0.4 is 5.32 Å². The highest BCUT2D eigenvalue weighted by atomic mass is 32.1. The van der Waals surface area contributed by atoms with Gasteiger partial charge in [0.1, 0.15) is 0 Å². The molecule has 0 aromatic carbocycles. The van der Waals surface area contributed by atoms with Gasteiger partial charge in [-0.1, -0.05) is 26.2 Å².